The molecule has 3 N–H and O–H groups in total. The molecule has 1 aromatic rings. The lowest BCUT2D eigenvalue weighted by molar-refractivity contribution is 0.0513. The van der Waals surface area contributed by atoms with Gasteiger partial charge in [-0.05, 0) is 25.7 Å². The van der Waals surface area contributed by atoms with Gasteiger partial charge in [-0.1, -0.05) is 27.2 Å². The zero-order valence-electron chi connectivity index (χ0n) is 14.5. The minimum Gasteiger partial charge on any atom is -0.501 e. The molecule has 7 nitrogen and oxygen atoms in total. The second-order valence-corrected chi connectivity index (χ2v) is 6.22. The van der Waals surface area contributed by atoms with Gasteiger partial charge in [0.1, 0.15) is 5.82 Å². The number of carbonyl (C=O) groups is 1. The molecule has 0 saturated carbocycles. The van der Waals surface area contributed by atoms with Crippen molar-refractivity contribution in [1.82, 2.24) is 9.55 Å². The van der Waals surface area contributed by atoms with Gasteiger partial charge in [0.15, 0.2) is 5.69 Å². The number of carbonyl (C=O) groups excluding carboxylic acids is 1. The fourth-order valence-corrected chi connectivity index (χ4v) is 2.86. The van der Waals surface area contributed by atoms with E-state index in [9.17, 15) is 14.7 Å². The second-order valence-electron chi connectivity index (χ2n) is 6.22. The summed E-state index contributed by atoms with van der Waals surface area (Å²) >= 11 is 0. The predicted octanol–water partition coefficient (Wildman–Crippen LogP) is 1.66. The van der Waals surface area contributed by atoms with Crippen molar-refractivity contribution >= 4 is 5.97 Å². The molecule has 0 spiro atoms. The number of aromatic nitrogens is 2. The first-order chi connectivity index (χ1) is 10.7. The molecule has 1 heterocycles. The van der Waals surface area contributed by atoms with E-state index in [1.165, 1.54) is 11.6 Å². The van der Waals surface area contributed by atoms with E-state index in [0.717, 1.165) is 6.42 Å². The molecule has 130 valence electrons. The number of nitrogens with zero attached hydrogens (tertiary/aromatic N) is 2. The van der Waals surface area contributed by atoms with Gasteiger partial charge in [-0.15, -0.1) is 0 Å². The minimum atomic E-state index is -0.855. The van der Waals surface area contributed by atoms with E-state index in [1.54, 1.807) is 6.92 Å². The van der Waals surface area contributed by atoms with Crippen LogP contribution in [0.1, 0.15) is 63.3 Å². The Kier molecular flexibility index (Phi) is 6.32. The molecule has 0 radical (unpaired) electrons. The lowest BCUT2D eigenvalue weighted by Gasteiger charge is -2.32. The van der Waals surface area contributed by atoms with Gasteiger partial charge >= 0.3 is 5.97 Å². The van der Waals surface area contributed by atoms with Crippen LogP contribution in [0.2, 0.25) is 0 Å². The van der Waals surface area contributed by atoms with Crippen molar-refractivity contribution in [1.29, 1.82) is 0 Å². The molecule has 0 fully saturated rings. The van der Waals surface area contributed by atoms with Gasteiger partial charge in [0.25, 0.3) is 5.56 Å². The zero-order valence-corrected chi connectivity index (χ0v) is 14.5. The molecule has 0 aliphatic carbocycles. The number of nitrogens with two attached hydrogens (primary N) is 1. The average molecular weight is 325 g/mol. The Balaban J connectivity index is 3.55. The van der Waals surface area contributed by atoms with Gasteiger partial charge < -0.3 is 15.6 Å². The molecule has 0 aliphatic rings. The van der Waals surface area contributed by atoms with E-state index in [-0.39, 0.29) is 18.2 Å². The van der Waals surface area contributed by atoms with Crippen LogP contribution in [0.25, 0.3) is 0 Å². The maximum Gasteiger partial charge on any atom is 0.361 e. The van der Waals surface area contributed by atoms with Gasteiger partial charge in [0, 0.05) is 7.05 Å². The van der Waals surface area contributed by atoms with Crippen LogP contribution >= 0.6 is 0 Å². The summed E-state index contributed by atoms with van der Waals surface area (Å²) in [7, 11) is 1.50. The monoisotopic (exact) mass is 325 g/mol. The highest BCUT2D eigenvalue weighted by atomic mass is 16.5. The van der Waals surface area contributed by atoms with E-state index in [4.69, 9.17) is 10.5 Å². The smallest absolute Gasteiger partial charge is 0.361 e. The molecule has 0 aromatic carbocycles. The van der Waals surface area contributed by atoms with Crippen molar-refractivity contribution in [2.24, 2.45) is 18.7 Å². The maximum atomic E-state index is 12.3. The van der Waals surface area contributed by atoms with Crippen LogP contribution in [0, 0.1) is 5.92 Å². The highest BCUT2D eigenvalue weighted by Crippen LogP contribution is 2.30. The number of ether oxygens (including phenoxy) is 1. The number of esters is 1. The van der Waals surface area contributed by atoms with Crippen molar-refractivity contribution in [2.45, 2.75) is 52.5 Å². The average Bonchev–Trinajstić information content (AvgIpc) is 2.44. The summed E-state index contributed by atoms with van der Waals surface area (Å²) in [5, 5.41) is 9.94. The number of hydrogen-bond donors (Lipinski definition) is 2. The van der Waals surface area contributed by atoms with E-state index >= 15 is 0 Å². The molecule has 0 saturated heterocycles. The first-order valence-electron chi connectivity index (χ1n) is 7.94. The van der Waals surface area contributed by atoms with Crippen LogP contribution in [0.15, 0.2) is 4.79 Å². The Morgan fingerprint density at radius 3 is 2.52 bits per heavy atom. The highest BCUT2D eigenvalue weighted by molar-refractivity contribution is 5.90. The third-order valence-corrected chi connectivity index (χ3v) is 3.65. The summed E-state index contributed by atoms with van der Waals surface area (Å²) in [6, 6.07) is 0. The highest BCUT2D eigenvalue weighted by Gasteiger charge is 2.34. The summed E-state index contributed by atoms with van der Waals surface area (Å²) in [6.07, 6.45) is 2.02. The number of rotatable bonds is 7. The number of aromatic hydroxyl groups is 1. The Bertz CT molecular complexity index is 624. The summed E-state index contributed by atoms with van der Waals surface area (Å²) in [5.41, 5.74) is 4.61. The molecular formula is C16H27N3O4. The van der Waals surface area contributed by atoms with Crippen LogP contribution in [0.5, 0.6) is 5.75 Å². The molecule has 23 heavy (non-hydrogen) atoms. The fraction of sp³-hybridized carbons (Fsp3) is 0.688. The fourth-order valence-electron chi connectivity index (χ4n) is 2.86. The van der Waals surface area contributed by atoms with Crippen LogP contribution in [-0.2, 0) is 17.3 Å². The maximum absolute atomic E-state index is 12.3. The van der Waals surface area contributed by atoms with E-state index in [0.29, 0.717) is 18.7 Å². The van der Waals surface area contributed by atoms with Crippen LogP contribution in [0.3, 0.4) is 0 Å². The van der Waals surface area contributed by atoms with E-state index < -0.39 is 22.8 Å². The van der Waals surface area contributed by atoms with Crippen molar-refractivity contribution in [2.75, 3.05) is 6.61 Å². The first-order valence-corrected chi connectivity index (χ1v) is 7.94. The Morgan fingerprint density at radius 2 is 2.04 bits per heavy atom. The predicted molar refractivity (Wildman–Crippen MR) is 87.3 cm³/mol. The van der Waals surface area contributed by atoms with Crippen LogP contribution < -0.4 is 11.3 Å². The summed E-state index contributed by atoms with van der Waals surface area (Å²) in [4.78, 5) is 28.4. The molecule has 1 aromatic heterocycles. The lowest BCUT2D eigenvalue weighted by Crippen LogP contribution is -2.44. The normalized spacial score (nSPS) is 13.9. The van der Waals surface area contributed by atoms with Gasteiger partial charge in [-0.3, -0.25) is 9.36 Å². The van der Waals surface area contributed by atoms with Crippen molar-refractivity contribution < 1.29 is 14.6 Å². The van der Waals surface area contributed by atoms with Gasteiger partial charge in [-0.25, -0.2) is 9.78 Å². The van der Waals surface area contributed by atoms with Crippen molar-refractivity contribution in [3.63, 3.8) is 0 Å². The van der Waals surface area contributed by atoms with Gasteiger partial charge in [0.2, 0.25) is 5.75 Å². The standard InChI is InChI=1S/C16H27N3O4/c1-6-8-16(17,9-10(3)4)15-18-11(14(22)23-7-2)12(20)13(21)19(15)5/h10,20H,6-9,17H2,1-5H3. The Morgan fingerprint density at radius 1 is 1.43 bits per heavy atom. The van der Waals surface area contributed by atoms with E-state index in [2.05, 4.69) is 4.98 Å². The molecule has 0 aliphatic heterocycles. The summed E-state index contributed by atoms with van der Waals surface area (Å²) < 4.78 is 6.08. The summed E-state index contributed by atoms with van der Waals surface area (Å²) in [5.74, 6) is -0.965. The SMILES string of the molecule is CCCC(N)(CC(C)C)c1nc(C(=O)OCC)c(O)c(=O)n1C. The molecular weight excluding hydrogens is 298 g/mol. The molecule has 1 rings (SSSR count). The van der Waals surface area contributed by atoms with Gasteiger partial charge in [0.05, 0.1) is 12.1 Å². The first kappa shape index (κ1) is 19.2. The topological polar surface area (TPSA) is 107 Å². The molecule has 7 heteroatoms. The molecule has 0 amide bonds. The minimum absolute atomic E-state index is 0.124. The second kappa shape index (κ2) is 7.59. The molecule has 1 atom stereocenters. The Hall–Kier alpha value is -1.89. The number of hydrogen-bond acceptors (Lipinski definition) is 6. The van der Waals surface area contributed by atoms with Crippen LogP contribution in [0.4, 0.5) is 0 Å². The quantitative estimate of drug-likeness (QED) is 0.738. The zero-order chi connectivity index (χ0) is 17.8. The third-order valence-electron chi connectivity index (χ3n) is 3.65. The molecule has 0 bridgehead atoms. The summed E-state index contributed by atoms with van der Waals surface area (Å²) in [6.45, 7) is 7.82. The largest absolute Gasteiger partial charge is 0.501 e. The Labute approximate surface area is 136 Å². The van der Waals surface area contributed by atoms with Crippen molar-refractivity contribution in [3.05, 3.63) is 21.9 Å². The molecule has 1 unspecified atom stereocenters. The van der Waals surface area contributed by atoms with E-state index in [1.807, 2.05) is 20.8 Å². The van der Waals surface area contributed by atoms with Crippen molar-refractivity contribution in [3.8, 4) is 5.75 Å². The van der Waals surface area contributed by atoms with Gasteiger partial charge in [-0.2, -0.15) is 0 Å². The third kappa shape index (κ3) is 4.10. The van der Waals surface area contributed by atoms with Crippen LogP contribution in [-0.4, -0.2) is 27.2 Å². The lowest BCUT2D eigenvalue weighted by atomic mass is 9.84.